The quantitative estimate of drug-likeness (QED) is 0.688. The molecule has 1 heterocycles. The van der Waals surface area contributed by atoms with Gasteiger partial charge in [0.25, 0.3) is 0 Å². The molecule has 1 N–H and O–H groups in total. The predicted molar refractivity (Wildman–Crippen MR) is 79.5 cm³/mol. The second-order valence-electron chi connectivity index (χ2n) is 4.85. The zero-order valence-electron chi connectivity index (χ0n) is 10.7. The molecule has 0 bridgehead atoms. The Bertz CT molecular complexity index is 917. The summed E-state index contributed by atoms with van der Waals surface area (Å²) in [5.41, 5.74) is 0.244. The van der Waals surface area contributed by atoms with Crippen molar-refractivity contribution >= 4 is 39.1 Å². The highest BCUT2D eigenvalue weighted by Gasteiger charge is 2.18. The van der Waals surface area contributed by atoms with Crippen molar-refractivity contribution in [3.8, 4) is 11.5 Å². The van der Waals surface area contributed by atoms with Crippen molar-refractivity contribution in [2.24, 2.45) is 0 Å². The number of fused-ring (bicyclic) bond motifs is 4. The van der Waals surface area contributed by atoms with Crippen LogP contribution >= 0.6 is 11.6 Å². The average molecular weight is 301 g/mol. The smallest absolute Gasteiger partial charge is 0.336 e. The van der Waals surface area contributed by atoms with Crippen molar-refractivity contribution in [3.63, 3.8) is 0 Å². The van der Waals surface area contributed by atoms with Crippen LogP contribution in [0.2, 0.25) is 5.02 Å². The van der Waals surface area contributed by atoms with E-state index in [-0.39, 0.29) is 12.4 Å². The number of hydrogen-bond acceptors (Lipinski definition) is 3. The van der Waals surface area contributed by atoms with Gasteiger partial charge < -0.3 is 14.6 Å². The molecule has 0 atom stereocenters. The van der Waals surface area contributed by atoms with E-state index >= 15 is 0 Å². The Morgan fingerprint density at radius 3 is 2.52 bits per heavy atom. The van der Waals surface area contributed by atoms with Crippen LogP contribution < -0.4 is 9.47 Å². The highest BCUT2D eigenvalue weighted by molar-refractivity contribution is 6.32. The molecule has 0 radical (unpaired) electrons. The lowest BCUT2D eigenvalue weighted by atomic mass is 9.97. The standard InChI is InChI=1S/C16H9ClO4/c17-9-1-2-10-12(5-9)11-6-15-14(20-7-21-15)4-8(11)3-13(10)16(18)19/h1-6H,7H2,(H,18,19). The van der Waals surface area contributed by atoms with E-state index in [0.717, 1.165) is 16.2 Å². The largest absolute Gasteiger partial charge is 0.478 e. The second kappa shape index (κ2) is 4.27. The fourth-order valence-electron chi connectivity index (χ4n) is 2.69. The van der Waals surface area contributed by atoms with Crippen molar-refractivity contribution in [2.45, 2.75) is 0 Å². The molecule has 0 spiro atoms. The van der Waals surface area contributed by atoms with Gasteiger partial charge in [-0.1, -0.05) is 17.7 Å². The number of rotatable bonds is 1. The third-order valence-electron chi connectivity index (χ3n) is 3.64. The van der Waals surface area contributed by atoms with E-state index < -0.39 is 5.97 Å². The molecule has 0 unspecified atom stereocenters. The van der Waals surface area contributed by atoms with Crippen molar-refractivity contribution in [3.05, 3.63) is 47.0 Å². The average Bonchev–Trinajstić information content (AvgIpc) is 2.91. The third-order valence-corrected chi connectivity index (χ3v) is 3.87. The van der Waals surface area contributed by atoms with Crippen molar-refractivity contribution in [2.75, 3.05) is 6.79 Å². The van der Waals surface area contributed by atoms with Gasteiger partial charge in [0, 0.05) is 5.02 Å². The van der Waals surface area contributed by atoms with Crippen LogP contribution in [0.4, 0.5) is 0 Å². The lowest BCUT2D eigenvalue weighted by molar-refractivity contribution is 0.0699. The highest BCUT2D eigenvalue weighted by atomic mass is 35.5. The minimum absolute atomic E-state index is 0.177. The van der Waals surface area contributed by atoms with Crippen LogP contribution in [0.1, 0.15) is 10.4 Å². The first-order valence-electron chi connectivity index (χ1n) is 6.32. The number of carbonyl (C=O) groups is 1. The minimum atomic E-state index is -0.970. The van der Waals surface area contributed by atoms with Crippen LogP contribution in [0.15, 0.2) is 36.4 Å². The third kappa shape index (κ3) is 1.80. The molecular weight excluding hydrogens is 292 g/mol. The molecule has 4 nitrogen and oxygen atoms in total. The summed E-state index contributed by atoms with van der Waals surface area (Å²) in [6.07, 6.45) is 0. The minimum Gasteiger partial charge on any atom is -0.478 e. The fraction of sp³-hybridized carbons (Fsp3) is 0.0625. The van der Waals surface area contributed by atoms with Crippen LogP contribution in [0.5, 0.6) is 11.5 Å². The molecule has 0 fully saturated rings. The zero-order chi connectivity index (χ0) is 14.6. The topological polar surface area (TPSA) is 55.8 Å². The first-order valence-corrected chi connectivity index (χ1v) is 6.70. The molecular formula is C16H9ClO4. The number of aromatic carboxylic acids is 1. The van der Waals surface area contributed by atoms with Crippen molar-refractivity contribution in [1.29, 1.82) is 0 Å². The Morgan fingerprint density at radius 1 is 1.00 bits per heavy atom. The number of halogens is 1. The monoisotopic (exact) mass is 300 g/mol. The second-order valence-corrected chi connectivity index (χ2v) is 5.28. The van der Waals surface area contributed by atoms with Crippen LogP contribution in [0, 0.1) is 0 Å². The molecule has 0 aromatic heterocycles. The summed E-state index contributed by atoms with van der Waals surface area (Å²) in [4.78, 5) is 11.5. The van der Waals surface area contributed by atoms with Crippen LogP contribution in [0.25, 0.3) is 21.5 Å². The number of carboxylic acid groups (broad SMARTS) is 1. The van der Waals surface area contributed by atoms with Gasteiger partial charge in [-0.2, -0.15) is 0 Å². The maximum absolute atomic E-state index is 11.5. The van der Waals surface area contributed by atoms with Crippen LogP contribution in [0.3, 0.4) is 0 Å². The van der Waals surface area contributed by atoms with E-state index in [9.17, 15) is 9.90 Å². The van der Waals surface area contributed by atoms with Gasteiger partial charge in [0.15, 0.2) is 11.5 Å². The van der Waals surface area contributed by atoms with Crippen molar-refractivity contribution < 1.29 is 19.4 Å². The summed E-state index contributed by atoms with van der Waals surface area (Å²) >= 11 is 6.06. The lowest BCUT2D eigenvalue weighted by Crippen LogP contribution is -1.98. The molecule has 104 valence electrons. The van der Waals surface area contributed by atoms with E-state index in [4.69, 9.17) is 21.1 Å². The predicted octanol–water partition coefficient (Wildman–Crippen LogP) is 4.07. The first-order chi connectivity index (χ1) is 10.1. The SMILES string of the molecule is O=C(O)c1cc2cc3c(cc2c2cc(Cl)ccc12)OCO3. The molecule has 0 amide bonds. The molecule has 0 saturated heterocycles. The lowest BCUT2D eigenvalue weighted by Gasteiger charge is -2.09. The fourth-order valence-corrected chi connectivity index (χ4v) is 2.87. The van der Waals surface area contributed by atoms with Gasteiger partial charge in [0.1, 0.15) is 0 Å². The maximum atomic E-state index is 11.5. The van der Waals surface area contributed by atoms with Gasteiger partial charge in [0.2, 0.25) is 6.79 Å². The van der Waals surface area contributed by atoms with Crippen LogP contribution in [-0.2, 0) is 0 Å². The van der Waals surface area contributed by atoms with Gasteiger partial charge in [-0.15, -0.1) is 0 Å². The number of benzene rings is 3. The molecule has 4 rings (SSSR count). The molecule has 1 aliphatic rings. The molecule has 5 heteroatoms. The number of ether oxygens (including phenoxy) is 2. The Morgan fingerprint density at radius 2 is 1.76 bits per heavy atom. The maximum Gasteiger partial charge on any atom is 0.336 e. The van der Waals surface area contributed by atoms with E-state index in [0.29, 0.717) is 21.9 Å². The number of carboxylic acids is 1. The molecule has 3 aromatic rings. The molecule has 21 heavy (non-hydrogen) atoms. The normalized spacial score (nSPS) is 13.0. The molecule has 0 saturated carbocycles. The molecule has 0 aliphatic carbocycles. The Labute approximate surface area is 124 Å². The summed E-state index contributed by atoms with van der Waals surface area (Å²) in [5.74, 6) is 0.314. The van der Waals surface area contributed by atoms with E-state index in [1.165, 1.54) is 0 Å². The molecule has 3 aromatic carbocycles. The number of hydrogen-bond donors (Lipinski definition) is 1. The van der Waals surface area contributed by atoms with E-state index in [1.807, 2.05) is 6.07 Å². The Balaban J connectivity index is 2.20. The summed E-state index contributed by atoms with van der Waals surface area (Å²) in [7, 11) is 0. The first kappa shape index (κ1) is 12.3. The van der Waals surface area contributed by atoms with Gasteiger partial charge >= 0.3 is 5.97 Å². The summed E-state index contributed by atoms with van der Waals surface area (Å²) in [6, 6.07) is 10.5. The van der Waals surface area contributed by atoms with Gasteiger partial charge in [-0.3, -0.25) is 0 Å². The summed E-state index contributed by atoms with van der Waals surface area (Å²) in [5, 5.41) is 13.1. The van der Waals surface area contributed by atoms with Gasteiger partial charge in [-0.05, 0) is 51.9 Å². The Hall–Kier alpha value is -2.46. The van der Waals surface area contributed by atoms with Crippen molar-refractivity contribution in [1.82, 2.24) is 0 Å². The zero-order valence-corrected chi connectivity index (χ0v) is 11.5. The summed E-state index contributed by atoms with van der Waals surface area (Å²) < 4.78 is 10.7. The highest BCUT2D eigenvalue weighted by Crippen LogP contribution is 2.40. The van der Waals surface area contributed by atoms with Crippen LogP contribution in [-0.4, -0.2) is 17.9 Å². The van der Waals surface area contributed by atoms with E-state index in [1.54, 1.807) is 30.3 Å². The Kier molecular flexibility index (Phi) is 2.50. The van der Waals surface area contributed by atoms with Gasteiger partial charge in [0.05, 0.1) is 5.56 Å². The summed E-state index contributed by atoms with van der Waals surface area (Å²) in [6.45, 7) is 0.177. The molecule has 1 aliphatic heterocycles. The van der Waals surface area contributed by atoms with E-state index in [2.05, 4.69) is 0 Å². The van der Waals surface area contributed by atoms with Gasteiger partial charge in [-0.25, -0.2) is 4.79 Å².